The molecule has 0 aliphatic carbocycles. The Kier molecular flexibility index (Phi) is 4.29. The second kappa shape index (κ2) is 6.66. The van der Waals surface area contributed by atoms with E-state index >= 15 is 0 Å². The minimum atomic E-state index is -0.0714. The smallest absolute Gasteiger partial charge is 0.250 e. The fraction of sp³-hybridized carbons (Fsp3) is 0.136. The lowest BCUT2D eigenvalue weighted by molar-refractivity contribution is 0.847. The van der Waals surface area contributed by atoms with Crippen LogP contribution in [-0.4, -0.2) is 14.1 Å². The number of aryl methyl sites for hydroxylation is 3. The van der Waals surface area contributed by atoms with E-state index in [9.17, 15) is 4.79 Å². The summed E-state index contributed by atoms with van der Waals surface area (Å²) < 4.78 is 3.56. The summed E-state index contributed by atoms with van der Waals surface area (Å²) in [7, 11) is 1.72. The van der Waals surface area contributed by atoms with Gasteiger partial charge in [0.2, 0.25) is 5.56 Å². The number of nitrogens with zero attached hydrogens (tertiary/aromatic N) is 4. The largest absolute Gasteiger partial charge is 0.316 e. The van der Waals surface area contributed by atoms with Gasteiger partial charge >= 0.3 is 0 Å². The third-order valence-electron chi connectivity index (χ3n) is 4.94. The van der Waals surface area contributed by atoms with Crippen molar-refractivity contribution in [3.63, 3.8) is 0 Å². The second-order valence-electron chi connectivity index (χ2n) is 6.83. The van der Waals surface area contributed by atoms with Gasteiger partial charge in [0.15, 0.2) is 5.69 Å². The summed E-state index contributed by atoms with van der Waals surface area (Å²) in [6, 6.07) is 7.22. The molecule has 0 spiro atoms. The predicted octanol–water partition coefficient (Wildman–Crippen LogP) is 5.21. The van der Waals surface area contributed by atoms with E-state index in [0.29, 0.717) is 10.7 Å². The predicted molar refractivity (Wildman–Crippen MR) is 112 cm³/mol. The Morgan fingerprint density at radius 2 is 1.86 bits per heavy atom. The van der Waals surface area contributed by atoms with Crippen LogP contribution in [0.3, 0.4) is 0 Å². The van der Waals surface area contributed by atoms with Gasteiger partial charge in [-0.2, -0.15) is 0 Å². The Bertz CT molecular complexity index is 1340. The molecule has 0 bridgehead atoms. The van der Waals surface area contributed by atoms with Gasteiger partial charge in [-0.05, 0) is 48.6 Å². The van der Waals surface area contributed by atoms with Gasteiger partial charge in [0.1, 0.15) is 0 Å². The van der Waals surface area contributed by atoms with Gasteiger partial charge in [0.25, 0.3) is 0 Å². The van der Waals surface area contributed by atoms with Crippen LogP contribution in [0.2, 0.25) is 5.02 Å². The third kappa shape index (κ3) is 2.79. The molecule has 6 heteroatoms. The Morgan fingerprint density at radius 3 is 2.57 bits per heavy atom. The van der Waals surface area contributed by atoms with Gasteiger partial charge in [-0.3, -0.25) is 9.78 Å². The van der Waals surface area contributed by atoms with Crippen molar-refractivity contribution < 1.29 is 0 Å². The first kappa shape index (κ1) is 18.0. The fourth-order valence-corrected chi connectivity index (χ4v) is 3.57. The van der Waals surface area contributed by atoms with Crippen LogP contribution in [0.4, 0.5) is 5.69 Å². The molecule has 3 heterocycles. The summed E-state index contributed by atoms with van der Waals surface area (Å²) in [4.78, 5) is 19.8. The van der Waals surface area contributed by atoms with Crippen LogP contribution in [0.1, 0.15) is 11.1 Å². The summed E-state index contributed by atoms with van der Waals surface area (Å²) in [5, 5.41) is 1.55. The number of benzene rings is 1. The zero-order chi connectivity index (χ0) is 20.0. The van der Waals surface area contributed by atoms with Crippen LogP contribution in [0.5, 0.6) is 0 Å². The number of halogens is 1. The molecule has 4 aromatic rings. The van der Waals surface area contributed by atoms with E-state index < -0.39 is 0 Å². The number of pyridine rings is 2. The van der Waals surface area contributed by atoms with E-state index in [4.69, 9.17) is 18.2 Å². The lowest BCUT2D eigenvalue weighted by Crippen LogP contribution is -2.15. The van der Waals surface area contributed by atoms with Crippen molar-refractivity contribution in [3.8, 4) is 16.8 Å². The molecule has 0 fully saturated rings. The van der Waals surface area contributed by atoms with Crippen LogP contribution >= 0.6 is 11.6 Å². The number of hydrogen-bond acceptors (Lipinski definition) is 2. The van der Waals surface area contributed by atoms with E-state index in [1.165, 1.54) is 0 Å². The fourth-order valence-electron chi connectivity index (χ4n) is 3.37. The van der Waals surface area contributed by atoms with Crippen molar-refractivity contribution in [1.82, 2.24) is 14.1 Å². The SMILES string of the molecule is [C-]#[N+]c1cc2c(-c3cncc(C)c3Cl)cn(-c3ccc(=O)n(C)c3)c2cc1C. The van der Waals surface area contributed by atoms with E-state index in [-0.39, 0.29) is 5.56 Å². The molecule has 1 aromatic carbocycles. The molecule has 138 valence electrons. The Hall–Kier alpha value is -3.36. The molecule has 0 radical (unpaired) electrons. The van der Waals surface area contributed by atoms with Crippen molar-refractivity contribution in [3.05, 3.63) is 87.0 Å². The maximum atomic E-state index is 11.8. The molecule has 0 saturated carbocycles. The lowest BCUT2D eigenvalue weighted by Gasteiger charge is -2.08. The normalized spacial score (nSPS) is 11.0. The number of hydrogen-bond donors (Lipinski definition) is 0. The average molecular weight is 389 g/mol. The van der Waals surface area contributed by atoms with Crippen LogP contribution in [0, 0.1) is 20.4 Å². The highest BCUT2D eigenvalue weighted by atomic mass is 35.5. The summed E-state index contributed by atoms with van der Waals surface area (Å²) in [6.45, 7) is 11.3. The van der Waals surface area contributed by atoms with Crippen LogP contribution < -0.4 is 5.56 Å². The minimum absolute atomic E-state index is 0.0714. The molecule has 0 saturated heterocycles. The molecule has 28 heavy (non-hydrogen) atoms. The van der Waals surface area contributed by atoms with Crippen LogP contribution in [-0.2, 0) is 7.05 Å². The van der Waals surface area contributed by atoms with E-state index in [2.05, 4.69) is 9.83 Å². The topological polar surface area (TPSA) is 44.2 Å². The molecule has 0 amide bonds. The van der Waals surface area contributed by atoms with Gasteiger partial charge < -0.3 is 9.13 Å². The summed E-state index contributed by atoms with van der Waals surface area (Å²) in [5.74, 6) is 0. The van der Waals surface area contributed by atoms with Gasteiger partial charge in [0, 0.05) is 49.0 Å². The molecule has 0 unspecified atom stereocenters. The van der Waals surface area contributed by atoms with E-state index in [1.54, 1.807) is 42.3 Å². The van der Waals surface area contributed by atoms with E-state index in [0.717, 1.165) is 38.8 Å². The first-order valence-corrected chi connectivity index (χ1v) is 9.09. The highest BCUT2D eigenvalue weighted by Crippen LogP contribution is 2.39. The van der Waals surface area contributed by atoms with E-state index in [1.807, 2.05) is 36.7 Å². The second-order valence-corrected chi connectivity index (χ2v) is 7.21. The number of fused-ring (bicyclic) bond motifs is 1. The standard InChI is InChI=1S/C22H17ClN4O/c1-13-7-20-16(8-19(13)24-3)18(17-10-25-9-14(2)22(17)23)12-27(20)15-5-6-21(28)26(4)11-15/h5-12H,1-2,4H3. The number of aromatic nitrogens is 3. The molecule has 0 atom stereocenters. The molecular formula is C22H17ClN4O. The average Bonchev–Trinajstić information content (AvgIpc) is 3.03. The zero-order valence-electron chi connectivity index (χ0n) is 15.7. The molecule has 4 rings (SSSR count). The molecular weight excluding hydrogens is 372 g/mol. The Morgan fingerprint density at radius 1 is 1.07 bits per heavy atom. The van der Waals surface area contributed by atoms with Crippen molar-refractivity contribution in [1.29, 1.82) is 0 Å². The van der Waals surface area contributed by atoms with Gasteiger partial charge in [-0.15, -0.1) is 0 Å². The molecule has 3 aromatic heterocycles. The van der Waals surface area contributed by atoms with Crippen molar-refractivity contribution in [2.24, 2.45) is 7.05 Å². The summed E-state index contributed by atoms with van der Waals surface area (Å²) in [5.41, 5.74) is 5.82. The quantitative estimate of drug-likeness (QED) is 0.442. The molecule has 5 nitrogen and oxygen atoms in total. The Balaban J connectivity index is 2.11. The maximum Gasteiger partial charge on any atom is 0.250 e. The maximum absolute atomic E-state index is 11.8. The van der Waals surface area contributed by atoms with Crippen LogP contribution in [0.25, 0.3) is 32.6 Å². The molecule has 0 aliphatic rings. The highest BCUT2D eigenvalue weighted by molar-refractivity contribution is 6.34. The van der Waals surface area contributed by atoms with Gasteiger partial charge in [-0.25, -0.2) is 4.85 Å². The monoisotopic (exact) mass is 388 g/mol. The summed E-state index contributed by atoms with van der Waals surface area (Å²) >= 11 is 6.58. The minimum Gasteiger partial charge on any atom is -0.316 e. The van der Waals surface area contributed by atoms with Crippen molar-refractivity contribution in [2.75, 3.05) is 0 Å². The third-order valence-corrected chi connectivity index (χ3v) is 5.44. The van der Waals surface area contributed by atoms with Gasteiger partial charge in [0.05, 0.1) is 22.8 Å². The molecule has 0 aliphatic heterocycles. The van der Waals surface area contributed by atoms with Gasteiger partial charge in [-0.1, -0.05) is 11.6 Å². The summed E-state index contributed by atoms with van der Waals surface area (Å²) in [6.07, 6.45) is 7.25. The number of rotatable bonds is 2. The van der Waals surface area contributed by atoms with Crippen molar-refractivity contribution >= 4 is 28.2 Å². The molecule has 0 N–H and O–H groups in total. The Labute approximate surface area is 167 Å². The van der Waals surface area contributed by atoms with Crippen molar-refractivity contribution in [2.45, 2.75) is 13.8 Å². The highest BCUT2D eigenvalue weighted by Gasteiger charge is 2.17. The first-order chi connectivity index (χ1) is 13.4. The lowest BCUT2D eigenvalue weighted by atomic mass is 10.0. The van der Waals surface area contributed by atoms with Crippen LogP contribution in [0.15, 0.2) is 53.8 Å². The first-order valence-electron chi connectivity index (χ1n) is 8.71. The zero-order valence-corrected chi connectivity index (χ0v) is 16.4.